The molecule has 2 unspecified atom stereocenters. The summed E-state index contributed by atoms with van der Waals surface area (Å²) >= 11 is 0. The van der Waals surface area contributed by atoms with Crippen LogP contribution in [-0.2, 0) is 18.9 Å². The average Bonchev–Trinajstić information content (AvgIpc) is 2.65. The second-order valence-electron chi connectivity index (χ2n) is 7.14. The number of ether oxygens (including phenoxy) is 4. The monoisotopic (exact) mass is 388 g/mol. The van der Waals surface area contributed by atoms with Gasteiger partial charge in [-0.25, -0.2) is 0 Å². The van der Waals surface area contributed by atoms with Gasteiger partial charge in [-0.3, -0.25) is 0 Å². The lowest BCUT2D eigenvalue weighted by Crippen LogP contribution is -2.58. The summed E-state index contributed by atoms with van der Waals surface area (Å²) in [7, 11) is 0. The Bertz CT molecular complexity index is 299. The molecule has 0 aromatic heterocycles. The topological polar surface area (TPSA) is 51.0 Å². The first-order valence-electron chi connectivity index (χ1n) is 11.4. The van der Waals surface area contributed by atoms with E-state index in [1.807, 2.05) is 0 Å². The fourth-order valence-electron chi connectivity index (χ4n) is 2.78. The van der Waals surface area contributed by atoms with Crippen molar-refractivity contribution in [3.63, 3.8) is 0 Å². The van der Waals surface area contributed by atoms with Gasteiger partial charge in [0.25, 0.3) is 0 Å². The molecule has 0 amide bonds. The molecule has 5 heteroatoms. The molecular weight excluding hydrogens is 342 g/mol. The van der Waals surface area contributed by atoms with Gasteiger partial charge in [0.2, 0.25) is 11.8 Å². The SMILES string of the molecule is CCCCOC(CCC)([N]C(CCC)(OCCC)OCCCC)OCCC. The van der Waals surface area contributed by atoms with Crippen LogP contribution in [0.3, 0.4) is 0 Å². The summed E-state index contributed by atoms with van der Waals surface area (Å²) in [5.74, 6) is -1.98. The molecule has 0 aliphatic heterocycles. The van der Waals surface area contributed by atoms with Crippen LogP contribution in [0, 0.1) is 0 Å². The van der Waals surface area contributed by atoms with E-state index < -0.39 is 11.8 Å². The van der Waals surface area contributed by atoms with Gasteiger partial charge in [-0.1, -0.05) is 54.4 Å². The van der Waals surface area contributed by atoms with E-state index in [9.17, 15) is 0 Å². The predicted molar refractivity (Wildman–Crippen MR) is 112 cm³/mol. The van der Waals surface area contributed by atoms with E-state index in [0.29, 0.717) is 39.3 Å². The Hall–Kier alpha value is -0.200. The van der Waals surface area contributed by atoms with E-state index in [2.05, 4.69) is 41.5 Å². The van der Waals surface area contributed by atoms with Gasteiger partial charge in [-0.15, -0.1) is 5.32 Å². The minimum atomic E-state index is -0.991. The second-order valence-corrected chi connectivity index (χ2v) is 7.14. The zero-order valence-electron chi connectivity index (χ0n) is 19.0. The molecule has 1 radical (unpaired) electrons. The maximum Gasteiger partial charge on any atom is 0.247 e. The first kappa shape index (κ1) is 26.8. The minimum absolute atomic E-state index is 0.612. The van der Waals surface area contributed by atoms with Crippen molar-refractivity contribution < 1.29 is 18.9 Å². The van der Waals surface area contributed by atoms with E-state index in [-0.39, 0.29) is 0 Å². The number of unbranched alkanes of at least 4 members (excludes halogenated alkanes) is 2. The molecule has 27 heavy (non-hydrogen) atoms. The lowest BCUT2D eigenvalue weighted by Gasteiger charge is -2.42. The van der Waals surface area contributed by atoms with E-state index >= 15 is 0 Å². The van der Waals surface area contributed by atoms with Crippen molar-refractivity contribution >= 4 is 0 Å². The lowest BCUT2D eigenvalue weighted by molar-refractivity contribution is -0.351. The third kappa shape index (κ3) is 11.4. The third-order valence-electron chi connectivity index (χ3n) is 4.19. The van der Waals surface area contributed by atoms with E-state index in [4.69, 9.17) is 24.3 Å². The molecular formula is C22H46NO4. The van der Waals surface area contributed by atoms with Crippen molar-refractivity contribution in [2.75, 3.05) is 26.4 Å². The van der Waals surface area contributed by atoms with Crippen LogP contribution in [0.25, 0.3) is 0 Å². The average molecular weight is 389 g/mol. The van der Waals surface area contributed by atoms with Gasteiger partial charge in [0.1, 0.15) is 0 Å². The molecule has 0 aromatic rings. The number of rotatable bonds is 20. The molecule has 0 bridgehead atoms. The van der Waals surface area contributed by atoms with Gasteiger partial charge in [-0.2, -0.15) is 0 Å². The van der Waals surface area contributed by atoms with Gasteiger partial charge in [-0.05, 0) is 38.5 Å². The summed E-state index contributed by atoms with van der Waals surface area (Å²) in [4.78, 5) is 0. The van der Waals surface area contributed by atoms with Crippen LogP contribution in [0.5, 0.6) is 0 Å². The van der Waals surface area contributed by atoms with Gasteiger partial charge < -0.3 is 18.9 Å². The quantitative estimate of drug-likeness (QED) is 0.190. The summed E-state index contributed by atoms with van der Waals surface area (Å²) in [6.45, 7) is 15.3. The lowest BCUT2D eigenvalue weighted by atomic mass is 10.2. The van der Waals surface area contributed by atoms with E-state index in [1.54, 1.807) is 0 Å². The second kappa shape index (κ2) is 16.7. The Morgan fingerprint density at radius 3 is 1.15 bits per heavy atom. The summed E-state index contributed by atoms with van der Waals surface area (Å²) in [5.41, 5.74) is 0. The highest BCUT2D eigenvalue weighted by atomic mass is 16.8. The van der Waals surface area contributed by atoms with Crippen LogP contribution in [0.2, 0.25) is 0 Å². The molecule has 0 spiro atoms. The van der Waals surface area contributed by atoms with E-state index in [0.717, 1.165) is 51.4 Å². The largest absolute Gasteiger partial charge is 0.336 e. The summed E-state index contributed by atoms with van der Waals surface area (Å²) in [5, 5.41) is 5.05. The Balaban J connectivity index is 5.55. The normalized spacial score (nSPS) is 16.2. The zero-order chi connectivity index (χ0) is 20.4. The van der Waals surface area contributed by atoms with Gasteiger partial charge in [0.05, 0.1) is 26.4 Å². The maximum atomic E-state index is 6.25. The molecule has 0 heterocycles. The van der Waals surface area contributed by atoms with Crippen molar-refractivity contribution in [2.45, 2.75) is 118 Å². The molecule has 0 saturated heterocycles. The fourth-order valence-corrected chi connectivity index (χ4v) is 2.78. The Morgan fingerprint density at radius 1 is 0.481 bits per heavy atom. The van der Waals surface area contributed by atoms with Crippen LogP contribution in [0.15, 0.2) is 0 Å². The Labute approximate surface area is 168 Å². The van der Waals surface area contributed by atoms with Crippen molar-refractivity contribution in [2.24, 2.45) is 0 Å². The highest BCUT2D eigenvalue weighted by Gasteiger charge is 2.45. The van der Waals surface area contributed by atoms with Crippen LogP contribution in [0.4, 0.5) is 0 Å². The van der Waals surface area contributed by atoms with Crippen molar-refractivity contribution in [1.82, 2.24) is 5.32 Å². The molecule has 0 fully saturated rings. The molecule has 2 atom stereocenters. The molecule has 5 nitrogen and oxygen atoms in total. The molecule has 0 N–H and O–H groups in total. The van der Waals surface area contributed by atoms with Gasteiger partial charge in [0.15, 0.2) is 0 Å². The highest BCUT2D eigenvalue weighted by molar-refractivity contribution is 4.77. The molecule has 0 rings (SSSR count). The van der Waals surface area contributed by atoms with E-state index in [1.165, 1.54) is 0 Å². The Kier molecular flexibility index (Phi) is 16.6. The fraction of sp³-hybridized carbons (Fsp3) is 1.00. The van der Waals surface area contributed by atoms with Crippen molar-refractivity contribution in [1.29, 1.82) is 0 Å². The maximum absolute atomic E-state index is 6.25. The minimum Gasteiger partial charge on any atom is -0.336 e. The standard InChI is InChI=1S/C22H46NO4/c1-7-13-19-26-21(15-9-3,24-17-11-5)23-22(16-10-4,25-18-12-6)27-20-14-8-2/h7-20H2,1-6H3. The highest BCUT2D eigenvalue weighted by Crippen LogP contribution is 2.29. The summed E-state index contributed by atoms with van der Waals surface area (Å²) < 4.78 is 24.9. The van der Waals surface area contributed by atoms with Crippen LogP contribution >= 0.6 is 0 Å². The molecule has 163 valence electrons. The number of hydrogen-bond donors (Lipinski definition) is 0. The van der Waals surface area contributed by atoms with Crippen LogP contribution in [0.1, 0.15) is 106 Å². The zero-order valence-corrected chi connectivity index (χ0v) is 19.0. The summed E-state index contributed by atoms with van der Waals surface area (Å²) in [6, 6.07) is 0. The van der Waals surface area contributed by atoms with Crippen molar-refractivity contribution in [3.05, 3.63) is 0 Å². The predicted octanol–water partition coefficient (Wildman–Crippen LogP) is 5.99. The molecule has 0 aliphatic carbocycles. The molecule has 0 aromatic carbocycles. The Morgan fingerprint density at radius 2 is 0.852 bits per heavy atom. The van der Waals surface area contributed by atoms with Gasteiger partial charge >= 0.3 is 0 Å². The smallest absolute Gasteiger partial charge is 0.247 e. The summed E-state index contributed by atoms with van der Waals surface area (Å²) in [6.07, 6.45) is 9.23. The number of nitrogens with zero attached hydrogens (tertiary/aromatic N) is 1. The van der Waals surface area contributed by atoms with Crippen molar-refractivity contribution in [3.8, 4) is 0 Å². The van der Waals surface area contributed by atoms with Crippen LogP contribution in [-0.4, -0.2) is 38.2 Å². The molecule has 0 saturated carbocycles. The first-order chi connectivity index (χ1) is 13.1. The molecule has 0 aliphatic rings. The third-order valence-corrected chi connectivity index (χ3v) is 4.19. The first-order valence-corrected chi connectivity index (χ1v) is 11.4. The van der Waals surface area contributed by atoms with Crippen LogP contribution < -0.4 is 5.32 Å². The van der Waals surface area contributed by atoms with Gasteiger partial charge in [0, 0.05) is 12.8 Å². The number of hydrogen-bond acceptors (Lipinski definition) is 4.